The summed E-state index contributed by atoms with van der Waals surface area (Å²) in [5.74, 6) is 0.0121. The van der Waals surface area contributed by atoms with Gasteiger partial charge in [-0.05, 0) is 48.9 Å². The van der Waals surface area contributed by atoms with Gasteiger partial charge in [0.2, 0.25) is 0 Å². The number of aromatic nitrogens is 6. The summed E-state index contributed by atoms with van der Waals surface area (Å²) in [6.45, 7) is 0. The zero-order valence-corrected chi connectivity index (χ0v) is 16.8. The molecule has 0 bridgehead atoms. The van der Waals surface area contributed by atoms with E-state index in [1.54, 1.807) is 12.4 Å². The maximum absolute atomic E-state index is 10.7. The molecule has 156 valence electrons. The highest BCUT2D eigenvalue weighted by Crippen LogP contribution is 2.39. The van der Waals surface area contributed by atoms with E-state index in [1.807, 2.05) is 16.8 Å². The van der Waals surface area contributed by atoms with Crippen molar-refractivity contribution in [2.24, 2.45) is 5.92 Å². The number of aliphatic hydroxyl groups is 2. The quantitative estimate of drug-likeness (QED) is 0.417. The third-order valence-corrected chi connectivity index (χ3v) is 6.60. The molecule has 1 aromatic carbocycles. The first-order valence-electron chi connectivity index (χ1n) is 10.5. The van der Waals surface area contributed by atoms with Gasteiger partial charge in [-0.2, -0.15) is 5.10 Å². The van der Waals surface area contributed by atoms with Gasteiger partial charge in [0.15, 0.2) is 5.65 Å². The number of aliphatic hydroxyl groups excluding tert-OH is 2. The van der Waals surface area contributed by atoms with Gasteiger partial charge in [-0.1, -0.05) is 12.1 Å². The largest absolute Gasteiger partial charge is 0.390 e. The van der Waals surface area contributed by atoms with Gasteiger partial charge < -0.3 is 14.8 Å². The van der Waals surface area contributed by atoms with E-state index in [0.29, 0.717) is 6.42 Å². The third kappa shape index (κ3) is 3.07. The molecule has 8 nitrogen and oxygen atoms in total. The summed E-state index contributed by atoms with van der Waals surface area (Å²) >= 11 is 0. The predicted octanol–water partition coefficient (Wildman–Crippen LogP) is 2.77. The molecular formula is C23H22N6O2. The van der Waals surface area contributed by atoms with Crippen LogP contribution in [0.3, 0.4) is 0 Å². The molecule has 8 heteroatoms. The summed E-state index contributed by atoms with van der Waals surface area (Å²) in [4.78, 5) is 13.1. The van der Waals surface area contributed by atoms with Crippen LogP contribution in [0.25, 0.3) is 33.0 Å². The second-order valence-corrected chi connectivity index (χ2v) is 8.43. The number of aryl methyl sites for hydroxylation is 1. The van der Waals surface area contributed by atoms with Gasteiger partial charge in [0.25, 0.3) is 0 Å². The van der Waals surface area contributed by atoms with Crippen LogP contribution in [-0.4, -0.2) is 52.1 Å². The fraction of sp³-hybridized carbons (Fsp3) is 0.304. The smallest absolute Gasteiger partial charge is 0.155 e. The molecule has 1 fully saturated rings. The maximum Gasteiger partial charge on any atom is 0.155 e. The van der Waals surface area contributed by atoms with Crippen molar-refractivity contribution in [2.45, 2.75) is 37.5 Å². The lowest BCUT2D eigenvalue weighted by Crippen LogP contribution is -2.29. The van der Waals surface area contributed by atoms with Gasteiger partial charge in [-0.3, -0.25) is 5.10 Å². The average Bonchev–Trinajstić information content (AvgIpc) is 3.49. The molecule has 0 aliphatic heterocycles. The van der Waals surface area contributed by atoms with Crippen molar-refractivity contribution in [3.8, 4) is 0 Å². The molecule has 6 rings (SSSR count). The van der Waals surface area contributed by atoms with Crippen LogP contribution in [0, 0.1) is 5.92 Å². The number of nitrogens with zero attached hydrogens (tertiary/aromatic N) is 5. The average molecular weight is 414 g/mol. The number of pyridine rings is 1. The number of hydrogen-bond acceptors (Lipinski definition) is 6. The Balaban J connectivity index is 1.21. The molecule has 4 atom stereocenters. The molecule has 1 aliphatic rings. The van der Waals surface area contributed by atoms with E-state index >= 15 is 0 Å². The molecule has 31 heavy (non-hydrogen) atoms. The Kier molecular flexibility index (Phi) is 4.22. The Morgan fingerprint density at radius 2 is 1.97 bits per heavy atom. The lowest BCUT2D eigenvalue weighted by Gasteiger charge is -2.18. The van der Waals surface area contributed by atoms with Gasteiger partial charge in [0.1, 0.15) is 18.1 Å². The van der Waals surface area contributed by atoms with E-state index in [0.717, 1.165) is 45.8 Å². The van der Waals surface area contributed by atoms with Crippen molar-refractivity contribution in [3.63, 3.8) is 0 Å². The molecule has 5 aromatic rings. The fourth-order valence-electron chi connectivity index (χ4n) is 4.92. The third-order valence-electron chi connectivity index (χ3n) is 6.60. The topological polar surface area (TPSA) is 113 Å². The van der Waals surface area contributed by atoms with Crippen LogP contribution in [0.5, 0.6) is 0 Å². The first-order chi connectivity index (χ1) is 15.2. The van der Waals surface area contributed by atoms with Crippen LogP contribution in [0.4, 0.5) is 0 Å². The Morgan fingerprint density at radius 3 is 2.90 bits per heavy atom. The summed E-state index contributed by atoms with van der Waals surface area (Å²) in [7, 11) is 0. The Morgan fingerprint density at radius 1 is 1.03 bits per heavy atom. The van der Waals surface area contributed by atoms with E-state index in [-0.39, 0.29) is 12.0 Å². The molecule has 4 aromatic heterocycles. The van der Waals surface area contributed by atoms with Crippen LogP contribution in [-0.2, 0) is 6.42 Å². The minimum atomic E-state index is -0.817. The fourth-order valence-corrected chi connectivity index (χ4v) is 4.92. The highest BCUT2D eigenvalue weighted by molar-refractivity contribution is 5.91. The van der Waals surface area contributed by atoms with Gasteiger partial charge >= 0.3 is 0 Å². The van der Waals surface area contributed by atoms with E-state index in [9.17, 15) is 10.2 Å². The molecule has 1 aliphatic carbocycles. The number of hydrogen-bond donors (Lipinski definition) is 3. The van der Waals surface area contributed by atoms with Crippen molar-refractivity contribution >= 4 is 33.0 Å². The van der Waals surface area contributed by atoms with Crippen molar-refractivity contribution < 1.29 is 10.2 Å². The summed E-state index contributed by atoms with van der Waals surface area (Å²) in [5, 5.41) is 31.4. The second-order valence-electron chi connectivity index (χ2n) is 8.43. The van der Waals surface area contributed by atoms with Gasteiger partial charge in [0.05, 0.1) is 23.9 Å². The Labute approximate surface area is 177 Å². The monoisotopic (exact) mass is 414 g/mol. The maximum atomic E-state index is 10.7. The zero-order valence-electron chi connectivity index (χ0n) is 16.8. The van der Waals surface area contributed by atoms with Crippen LogP contribution in [0.2, 0.25) is 0 Å². The molecule has 0 unspecified atom stereocenters. The molecule has 0 amide bonds. The van der Waals surface area contributed by atoms with E-state index < -0.39 is 12.2 Å². The minimum absolute atomic E-state index is 0.0121. The standard InChI is InChI=1S/C23H22N6O2/c30-20-15(9-19(21(20)31)29-6-5-16-10-24-12-25-23(16)29)4-2-13-1-3-14-8-17-11-26-28-22(17)27-18(14)7-13/h1,3,5-8,10-12,15,19-21,30-31H,2,4,9H2,(H,26,27,28)/t15-,19+,20+,21-/m0/s1. The van der Waals surface area contributed by atoms with E-state index in [2.05, 4.69) is 49.4 Å². The number of H-pyrrole nitrogens is 1. The van der Waals surface area contributed by atoms with Gasteiger partial charge in [0, 0.05) is 28.6 Å². The SMILES string of the molecule is O[C@@H]1[C@@H](CCc2ccc3cc4cn[nH]c4nc3c2)C[C@@H](n2ccc3cncnc32)[C@@H]1O. The molecular weight excluding hydrogens is 392 g/mol. The predicted molar refractivity (Wildman–Crippen MR) is 116 cm³/mol. The summed E-state index contributed by atoms with van der Waals surface area (Å²) < 4.78 is 1.97. The number of nitrogens with one attached hydrogen (secondary N) is 1. The second kappa shape index (κ2) is 7.11. The van der Waals surface area contributed by atoms with Crippen molar-refractivity contribution in [2.75, 3.05) is 0 Å². The van der Waals surface area contributed by atoms with Crippen LogP contribution in [0.1, 0.15) is 24.4 Å². The van der Waals surface area contributed by atoms with Crippen LogP contribution >= 0.6 is 0 Å². The first-order valence-corrected chi connectivity index (χ1v) is 10.5. The number of fused-ring (bicyclic) bond motifs is 3. The van der Waals surface area contributed by atoms with E-state index in [1.165, 1.54) is 11.9 Å². The molecule has 3 N–H and O–H groups in total. The molecule has 0 radical (unpaired) electrons. The van der Waals surface area contributed by atoms with Crippen molar-refractivity contribution in [1.29, 1.82) is 0 Å². The highest BCUT2D eigenvalue weighted by Gasteiger charge is 2.42. The lowest BCUT2D eigenvalue weighted by atomic mass is 9.95. The highest BCUT2D eigenvalue weighted by atomic mass is 16.3. The number of benzene rings is 1. The van der Waals surface area contributed by atoms with Crippen molar-refractivity contribution in [1.82, 2.24) is 29.7 Å². The minimum Gasteiger partial charge on any atom is -0.390 e. The Hall–Kier alpha value is -3.36. The normalized spacial score (nSPS) is 23.9. The van der Waals surface area contributed by atoms with Crippen LogP contribution < -0.4 is 0 Å². The zero-order chi connectivity index (χ0) is 20.9. The summed E-state index contributed by atoms with van der Waals surface area (Å²) in [6.07, 6.45) is 7.71. The first kappa shape index (κ1) is 18.4. The summed E-state index contributed by atoms with van der Waals surface area (Å²) in [5.41, 5.74) is 3.67. The number of aromatic amines is 1. The molecule has 4 heterocycles. The molecule has 1 saturated carbocycles. The van der Waals surface area contributed by atoms with Crippen LogP contribution in [0.15, 0.2) is 55.2 Å². The molecule has 0 saturated heterocycles. The number of rotatable bonds is 4. The van der Waals surface area contributed by atoms with Gasteiger partial charge in [-0.25, -0.2) is 15.0 Å². The molecule has 0 spiro atoms. The Bertz CT molecular complexity index is 1390. The van der Waals surface area contributed by atoms with E-state index in [4.69, 9.17) is 0 Å². The lowest BCUT2D eigenvalue weighted by molar-refractivity contribution is 0.00545. The summed E-state index contributed by atoms with van der Waals surface area (Å²) in [6, 6.07) is 10.1. The van der Waals surface area contributed by atoms with Crippen molar-refractivity contribution in [3.05, 3.63) is 60.8 Å². The van der Waals surface area contributed by atoms with Gasteiger partial charge in [-0.15, -0.1) is 0 Å².